The lowest BCUT2D eigenvalue weighted by Crippen LogP contribution is -2.42. The van der Waals surface area contributed by atoms with Crippen LogP contribution in [0.25, 0.3) is 0 Å². The Balaban J connectivity index is 0.000000460. The molecular formula is C12H25F3N4O3S. The summed E-state index contributed by atoms with van der Waals surface area (Å²) in [6, 6.07) is -0.234. The van der Waals surface area contributed by atoms with Crippen molar-refractivity contribution >= 4 is 15.9 Å². The van der Waals surface area contributed by atoms with Crippen LogP contribution in [0, 0.1) is 0 Å². The average Bonchev–Trinajstić information content (AvgIpc) is 3.09. The van der Waals surface area contributed by atoms with E-state index in [-0.39, 0.29) is 32.0 Å². The van der Waals surface area contributed by atoms with Crippen molar-refractivity contribution in [1.82, 2.24) is 15.4 Å². The lowest BCUT2D eigenvalue weighted by molar-refractivity contribution is -0.119. The molecule has 23 heavy (non-hydrogen) atoms. The molecular weight excluding hydrogens is 337 g/mol. The van der Waals surface area contributed by atoms with E-state index in [1.54, 1.807) is 0 Å². The number of alkyl halides is 3. The number of halogens is 3. The third kappa shape index (κ3) is 7.46. The summed E-state index contributed by atoms with van der Waals surface area (Å²) >= 11 is 0. The van der Waals surface area contributed by atoms with Crippen LogP contribution >= 0.6 is 0 Å². The van der Waals surface area contributed by atoms with Gasteiger partial charge in [0.15, 0.2) is 0 Å². The molecule has 0 radical (unpaired) electrons. The number of hydrogen-bond donors (Lipinski definition) is 4. The first-order chi connectivity index (χ1) is 10.1. The smallest absolute Gasteiger partial charge is 0.368 e. The molecule has 2 rings (SSSR count). The third-order valence-corrected chi connectivity index (χ3v) is 4.55. The van der Waals surface area contributed by atoms with E-state index >= 15 is 0 Å². The molecule has 2 atom stereocenters. The van der Waals surface area contributed by atoms with Gasteiger partial charge in [-0.2, -0.15) is 13.2 Å². The molecule has 2 heterocycles. The fourth-order valence-corrected chi connectivity index (χ4v) is 2.73. The zero-order valence-corrected chi connectivity index (χ0v) is 12.8. The summed E-state index contributed by atoms with van der Waals surface area (Å²) in [5.74, 6) is -0.220. The van der Waals surface area contributed by atoms with Crippen LogP contribution in [0.2, 0.25) is 0 Å². The Morgan fingerprint density at radius 2 is 1.74 bits per heavy atom. The Morgan fingerprint density at radius 1 is 1.17 bits per heavy atom. The summed E-state index contributed by atoms with van der Waals surface area (Å²) in [7, 11) is -5.18. The predicted molar refractivity (Wildman–Crippen MR) is 81.0 cm³/mol. The molecule has 5 N–H and O–H groups in total. The monoisotopic (exact) mass is 362 g/mol. The van der Waals surface area contributed by atoms with Crippen LogP contribution in [0.5, 0.6) is 0 Å². The molecule has 0 spiro atoms. The number of nitrogens with one attached hydrogen (secondary N) is 3. The minimum atomic E-state index is -5.22. The summed E-state index contributed by atoms with van der Waals surface area (Å²) in [6.07, 6.45) is 3.54. The number of nitrogens with two attached hydrogens (primary N) is 1. The predicted octanol–water partition coefficient (Wildman–Crippen LogP) is 0.0374. The Hall–Kier alpha value is -0.910. The van der Waals surface area contributed by atoms with E-state index in [2.05, 4.69) is 10.6 Å². The number of sulfonamides is 1. The lowest BCUT2D eigenvalue weighted by Gasteiger charge is -2.13. The van der Waals surface area contributed by atoms with Gasteiger partial charge < -0.3 is 16.4 Å². The highest BCUT2D eigenvalue weighted by molar-refractivity contribution is 7.90. The molecule has 1 amide bonds. The fourth-order valence-electron chi connectivity index (χ4n) is 2.15. The normalized spacial score (nSPS) is 24.5. The lowest BCUT2D eigenvalue weighted by atomic mass is 10.2. The largest absolute Gasteiger partial charge is 0.511 e. The molecule has 2 fully saturated rings. The van der Waals surface area contributed by atoms with E-state index in [1.165, 1.54) is 4.72 Å². The van der Waals surface area contributed by atoms with Crippen LogP contribution in [0.3, 0.4) is 0 Å². The van der Waals surface area contributed by atoms with Crippen molar-refractivity contribution < 1.29 is 26.4 Å². The highest BCUT2D eigenvalue weighted by Gasteiger charge is 2.45. The maximum absolute atomic E-state index is 11.8. The minimum Gasteiger partial charge on any atom is -0.368 e. The highest BCUT2D eigenvalue weighted by Crippen LogP contribution is 2.21. The number of hydrogen-bond acceptors (Lipinski definition) is 5. The quantitative estimate of drug-likeness (QED) is 0.564. The highest BCUT2D eigenvalue weighted by atomic mass is 32.2. The number of rotatable bonds is 4. The molecule has 2 aliphatic rings. The maximum Gasteiger partial charge on any atom is 0.511 e. The second kappa shape index (κ2) is 9.40. The maximum atomic E-state index is 11.8. The molecule has 0 aromatic carbocycles. The Labute approximate surface area is 134 Å². The van der Waals surface area contributed by atoms with Crippen molar-refractivity contribution in [1.29, 1.82) is 0 Å². The first-order valence-electron chi connectivity index (χ1n) is 6.95. The Bertz CT molecular complexity index is 459. The zero-order chi connectivity index (χ0) is 16.8. The molecule has 7 nitrogen and oxygen atoms in total. The van der Waals surface area contributed by atoms with Gasteiger partial charge in [0.2, 0.25) is 5.91 Å². The topological polar surface area (TPSA) is 113 Å². The van der Waals surface area contributed by atoms with E-state index in [9.17, 15) is 26.4 Å². The molecule has 0 aromatic heterocycles. The third-order valence-electron chi connectivity index (χ3n) is 3.39. The number of amides is 1. The second-order valence-electron chi connectivity index (χ2n) is 5.14. The molecule has 0 unspecified atom stereocenters. The van der Waals surface area contributed by atoms with Crippen LogP contribution in [-0.2, 0) is 14.8 Å². The van der Waals surface area contributed by atoms with E-state index in [0.29, 0.717) is 6.42 Å². The van der Waals surface area contributed by atoms with Crippen LogP contribution in [-0.4, -0.2) is 51.6 Å². The summed E-state index contributed by atoms with van der Waals surface area (Å²) in [5.41, 5.74) is -0.220. The van der Waals surface area contributed by atoms with Gasteiger partial charge in [-0.3, -0.25) is 4.79 Å². The van der Waals surface area contributed by atoms with E-state index in [1.807, 2.05) is 0 Å². The van der Waals surface area contributed by atoms with E-state index < -0.39 is 15.5 Å². The van der Waals surface area contributed by atoms with Crippen molar-refractivity contribution in [2.75, 3.05) is 19.6 Å². The van der Waals surface area contributed by atoms with Crippen LogP contribution in [0.4, 0.5) is 13.2 Å². The molecule has 0 saturated carbocycles. The first kappa shape index (κ1) is 22.1. The van der Waals surface area contributed by atoms with Gasteiger partial charge in [0.05, 0.1) is 6.04 Å². The van der Waals surface area contributed by atoms with E-state index in [0.717, 1.165) is 32.4 Å². The number of carbonyl (C=O) groups excluding carboxylic acids is 1. The summed E-state index contributed by atoms with van der Waals surface area (Å²) in [4.78, 5) is 10.4. The molecule has 2 saturated heterocycles. The Morgan fingerprint density at radius 3 is 2.09 bits per heavy atom. The van der Waals surface area contributed by atoms with Gasteiger partial charge in [-0.05, 0) is 38.8 Å². The van der Waals surface area contributed by atoms with E-state index in [4.69, 9.17) is 5.73 Å². The van der Waals surface area contributed by atoms with Crippen LogP contribution < -0.4 is 21.1 Å². The van der Waals surface area contributed by atoms with Gasteiger partial charge in [-0.1, -0.05) is 7.43 Å². The molecule has 0 bridgehead atoms. The summed E-state index contributed by atoms with van der Waals surface area (Å²) < 4.78 is 58.1. The van der Waals surface area contributed by atoms with Gasteiger partial charge in [-0.25, -0.2) is 13.1 Å². The van der Waals surface area contributed by atoms with Crippen molar-refractivity contribution in [2.45, 2.75) is 50.7 Å². The standard InChI is InChI=1S/C6H11F3N2O2S.C5H10N2O.CH4/c7-6(8,9)14(12,13)11-4-5-2-1-3-10-5;6-5(8)4-2-1-3-7-4;/h5,10-11H,1-4H2;4,7H,1-3H2,(H2,6,8);1H4/t5-;4-;/m00./s1. The molecule has 138 valence electrons. The van der Waals surface area contributed by atoms with Gasteiger partial charge in [0, 0.05) is 12.6 Å². The van der Waals surface area contributed by atoms with Gasteiger partial charge in [0.25, 0.3) is 0 Å². The van der Waals surface area contributed by atoms with Gasteiger partial charge >= 0.3 is 15.5 Å². The average molecular weight is 362 g/mol. The molecule has 2 aliphatic heterocycles. The second-order valence-corrected chi connectivity index (χ2v) is 6.90. The summed E-state index contributed by atoms with van der Waals surface area (Å²) in [5, 5.41) is 5.87. The van der Waals surface area contributed by atoms with Crippen LogP contribution in [0.1, 0.15) is 33.1 Å². The number of carbonyl (C=O) groups is 1. The SMILES string of the molecule is C.NC(=O)[C@@H]1CCCN1.O=S(=O)(NC[C@@H]1CCCN1)C(F)(F)F. The molecule has 11 heteroatoms. The minimum absolute atomic E-state index is 0. The van der Waals surface area contributed by atoms with Gasteiger partial charge in [-0.15, -0.1) is 0 Å². The first-order valence-corrected chi connectivity index (χ1v) is 8.44. The molecule has 0 aromatic rings. The molecule has 0 aliphatic carbocycles. The van der Waals surface area contributed by atoms with Crippen molar-refractivity contribution in [2.24, 2.45) is 5.73 Å². The Kier molecular flexibility index (Phi) is 9.03. The summed E-state index contributed by atoms with van der Waals surface area (Å²) in [6.45, 7) is 1.45. The number of primary amides is 1. The van der Waals surface area contributed by atoms with Crippen molar-refractivity contribution in [3.05, 3.63) is 0 Å². The van der Waals surface area contributed by atoms with Crippen molar-refractivity contribution in [3.8, 4) is 0 Å². The zero-order valence-electron chi connectivity index (χ0n) is 11.9. The van der Waals surface area contributed by atoms with Gasteiger partial charge in [0.1, 0.15) is 0 Å². The van der Waals surface area contributed by atoms with Crippen molar-refractivity contribution in [3.63, 3.8) is 0 Å². The van der Waals surface area contributed by atoms with Crippen LogP contribution in [0.15, 0.2) is 0 Å². The fraction of sp³-hybridized carbons (Fsp3) is 0.917.